The highest BCUT2D eigenvalue weighted by Crippen LogP contribution is 2.65. The summed E-state index contributed by atoms with van der Waals surface area (Å²) < 4.78 is 0. The van der Waals surface area contributed by atoms with Crippen LogP contribution in [0.5, 0.6) is 0 Å². The Morgan fingerprint density at radius 1 is 1.25 bits per heavy atom. The zero-order valence-corrected chi connectivity index (χ0v) is 13.7. The van der Waals surface area contributed by atoms with Gasteiger partial charge in [0, 0.05) is 0 Å². The number of hydrogen-bond donors (Lipinski definition) is 0. The summed E-state index contributed by atoms with van der Waals surface area (Å²) >= 11 is 0. The molecule has 0 saturated heterocycles. The molecule has 3 aliphatic carbocycles. The van der Waals surface area contributed by atoms with Gasteiger partial charge in [0.2, 0.25) is 0 Å². The Kier molecular flexibility index (Phi) is 3.27. The van der Waals surface area contributed by atoms with Crippen molar-refractivity contribution in [2.75, 3.05) is 0 Å². The first kappa shape index (κ1) is 14.2. The van der Waals surface area contributed by atoms with Crippen LogP contribution in [0.25, 0.3) is 0 Å². The molecule has 2 saturated carbocycles. The fourth-order valence-electron chi connectivity index (χ4n) is 5.69. The van der Waals surface area contributed by atoms with Gasteiger partial charge in [-0.15, -0.1) is 0 Å². The van der Waals surface area contributed by atoms with Crippen molar-refractivity contribution < 1.29 is 0 Å². The molecule has 20 heavy (non-hydrogen) atoms. The molecule has 0 aromatic heterocycles. The van der Waals surface area contributed by atoms with Crippen LogP contribution in [0.4, 0.5) is 0 Å². The average Bonchev–Trinajstić information content (AvgIpc) is 2.64. The largest absolute Gasteiger partial charge is 0.0999 e. The van der Waals surface area contributed by atoms with Crippen molar-refractivity contribution in [3.8, 4) is 0 Å². The molecular weight excluding hydrogens is 240 g/mol. The van der Waals surface area contributed by atoms with E-state index >= 15 is 0 Å². The molecule has 3 aliphatic rings. The van der Waals surface area contributed by atoms with Gasteiger partial charge in [0.25, 0.3) is 0 Å². The highest BCUT2D eigenvalue weighted by molar-refractivity contribution is 5.26. The van der Waals surface area contributed by atoms with Crippen LogP contribution < -0.4 is 0 Å². The van der Waals surface area contributed by atoms with Crippen LogP contribution in [0, 0.1) is 28.6 Å². The van der Waals surface area contributed by atoms with Gasteiger partial charge in [0.15, 0.2) is 0 Å². The molecule has 0 heteroatoms. The maximum Gasteiger partial charge on any atom is -0.0107 e. The van der Waals surface area contributed by atoms with E-state index in [0.29, 0.717) is 10.8 Å². The van der Waals surface area contributed by atoms with Gasteiger partial charge in [-0.3, -0.25) is 0 Å². The Balaban J connectivity index is 1.98. The predicted molar refractivity (Wildman–Crippen MR) is 87.5 cm³/mol. The molecule has 2 fully saturated rings. The summed E-state index contributed by atoms with van der Waals surface area (Å²) in [4.78, 5) is 0. The highest BCUT2D eigenvalue weighted by atomic mass is 14.6. The van der Waals surface area contributed by atoms with Crippen LogP contribution in [0.1, 0.15) is 59.8 Å². The van der Waals surface area contributed by atoms with Crippen LogP contribution in [-0.4, -0.2) is 0 Å². The van der Waals surface area contributed by atoms with Crippen molar-refractivity contribution >= 4 is 0 Å². The molecule has 0 bridgehead atoms. The van der Waals surface area contributed by atoms with Crippen LogP contribution >= 0.6 is 0 Å². The lowest BCUT2D eigenvalue weighted by Crippen LogP contribution is -2.46. The lowest BCUT2D eigenvalue weighted by Gasteiger charge is -2.53. The summed E-state index contributed by atoms with van der Waals surface area (Å²) in [6.45, 7) is 13.9. The monoisotopic (exact) mass is 270 g/mol. The smallest absolute Gasteiger partial charge is 0.0107 e. The molecule has 0 aromatic carbocycles. The van der Waals surface area contributed by atoms with Crippen molar-refractivity contribution in [3.05, 3.63) is 36.0 Å². The third-order valence-corrected chi connectivity index (χ3v) is 6.95. The lowest BCUT2D eigenvalue weighted by molar-refractivity contribution is -0.0192. The molecular formula is C20H30. The van der Waals surface area contributed by atoms with Gasteiger partial charge in [-0.2, -0.15) is 0 Å². The fraction of sp³-hybridized carbons (Fsp3) is 0.700. The lowest BCUT2D eigenvalue weighted by atomic mass is 9.51. The minimum absolute atomic E-state index is 0.406. The van der Waals surface area contributed by atoms with Gasteiger partial charge in [0.1, 0.15) is 0 Å². The summed E-state index contributed by atoms with van der Waals surface area (Å²) in [5.74, 6) is 2.46. The highest BCUT2D eigenvalue weighted by Gasteiger charge is 2.56. The van der Waals surface area contributed by atoms with Gasteiger partial charge in [0.05, 0.1) is 0 Å². The maximum absolute atomic E-state index is 4.29. The van der Waals surface area contributed by atoms with Gasteiger partial charge < -0.3 is 0 Å². The quantitative estimate of drug-likeness (QED) is 0.519. The topological polar surface area (TPSA) is 0 Å². The third-order valence-electron chi connectivity index (χ3n) is 6.95. The van der Waals surface area contributed by atoms with E-state index in [1.807, 2.05) is 0 Å². The first-order valence-corrected chi connectivity index (χ1v) is 8.38. The standard InChI is InChI=1S/C20H30/c1-14(2)16-9-13-20(5)17(16)10-12-19(4)11-8-15(3)6-7-18(19)20/h6,8,11,16-18H,1,7,9-10,12-13H2,2-5H3. The van der Waals surface area contributed by atoms with E-state index in [1.54, 1.807) is 0 Å². The normalized spacial score (nSPS) is 47.2. The number of rotatable bonds is 1. The number of hydrogen-bond acceptors (Lipinski definition) is 0. The summed E-state index contributed by atoms with van der Waals surface area (Å²) in [6, 6.07) is 0. The van der Waals surface area contributed by atoms with Crippen molar-refractivity contribution in [2.24, 2.45) is 28.6 Å². The second-order valence-corrected chi connectivity index (χ2v) is 8.22. The molecule has 0 amide bonds. The van der Waals surface area contributed by atoms with Crippen molar-refractivity contribution in [1.29, 1.82) is 0 Å². The van der Waals surface area contributed by atoms with Crippen molar-refractivity contribution in [1.82, 2.24) is 0 Å². The second-order valence-electron chi connectivity index (χ2n) is 8.22. The number of allylic oxidation sites excluding steroid dienone is 5. The Morgan fingerprint density at radius 2 is 2.00 bits per heavy atom. The molecule has 0 radical (unpaired) electrons. The second kappa shape index (κ2) is 4.61. The summed E-state index contributed by atoms with van der Waals surface area (Å²) in [5.41, 5.74) is 3.80. The molecule has 0 N–H and O–H groups in total. The third kappa shape index (κ3) is 1.95. The van der Waals surface area contributed by atoms with Crippen LogP contribution in [0.15, 0.2) is 36.0 Å². The molecule has 5 unspecified atom stereocenters. The summed E-state index contributed by atoms with van der Waals surface area (Å²) in [7, 11) is 0. The average molecular weight is 270 g/mol. The molecule has 3 rings (SSSR count). The number of fused-ring (bicyclic) bond motifs is 3. The van der Waals surface area contributed by atoms with Gasteiger partial charge in [-0.05, 0) is 74.5 Å². The minimum Gasteiger partial charge on any atom is -0.0999 e. The Labute approximate surface area is 125 Å². The SMILES string of the molecule is C=C(C)C1CCC2(C)C1CCC1(C)C=CC(C)=CCC12. The van der Waals surface area contributed by atoms with E-state index in [1.165, 1.54) is 43.3 Å². The van der Waals surface area contributed by atoms with E-state index in [-0.39, 0.29) is 0 Å². The zero-order chi connectivity index (χ0) is 14.5. The Morgan fingerprint density at radius 3 is 2.70 bits per heavy atom. The Hall–Kier alpha value is -0.780. The molecule has 0 nitrogen and oxygen atoms in total. The minimum atomic E-state index is 0.406. The fourth-order valence-corrected chi connectivity index (χ4v) is 5.69. The van der Waals surface area contributed by atoms with E-state index in [0.717, 1.165) is 17.8 Å². The first-order valence-electron chi connectivity index (χ1n) is 8.38. The van der Waals surface area contributed by atoms with E-state index in [2.05, 4.69) is 52.5 Å². The van der Waals surface area contributed by atoms with Crippen molar-refractivity contribution in [2.45, 2.75) is 59.8 Å². The van der Waals surface area contributed by atoms with Crippen LogP contribution in [0.3, 0.4) is 0 Å². The molecule has 5 atom stereocenters. The van der Waals surface area contributed by atoms with Crippen molar-refractivity contribution in [3.63, 3.8) is 0 Å². The maximum atomic E-state index is 4.29. The van der Waals surface area contributed by atoms with E-state index in [4.69, 9.17) is 0 Å². The van der Waals surface area contributed by atoms with E-state index < -0.39 is 0 Å². The van der Waals surface area contributed by atoms with Gasteiger partial charge in [-0.25, -0.2) is 0 Å². The van der Waals surface area contributed by atoms with Crippen LogP contribution in [0.2, 0.25) is 0 Å². The molecule has 0 spiro atoms. The molecule has 0 aromatic rings. The van der Waals surface area contributed by atoms with Gasteiger partial charge in [-0.1, -0.05) is 49.8 Å². The van der Waals surface area contributed by atoms with Crippen LogP contribution in [-0.2, 0) is 0 Å². The predicted octanol–water partition coefficient (Wildman–Crippen LogP) is 5.92. The molecule has 110 valence electrons. The van der Waals surface area contributed by atoms with Gasteiger partial charge >= 0.3 is 0 Å². The molecule has 0 aliphatic heterocycles. The summed E-state index contributed by atoms with van der Waals surface area (Å²) in [6.07, 6.45) is 14.2. The summed E-state index contributed by atoms with van der Waals surface area (Å²) in [5, 5.41) is 0. The zero-order valence-electron chi connectivity index (χ0n) is 13.7. The van der Waals surface area contributed by atoms with E-state index in [9.17, 15) is 0 Å². The Bertz CT molecular complexity index is 480. The first-order chi connectivity index (χ1) is 9.37. The molecule has 0 heterocycles.